The van der Waals surface area contributed by atoms with Crippen LogP contribution in [0, 0.1) is 0 Å². The molecular weight excluding hydrogens is 1140 g/mol. The number of aromatic carboxylic acids is 1. The first-order chi connectivity index (χ1) is 29.5. The molecule has 344 valence electrons. The van der Waals surface area contributed by atoms with E-state index in [1.54, 1.807) is 0 Å². The van der Waals surface area contributed by atoms with Crippen LogP contribution in [0.4, 0.5) is 28.4 Å². The van der Waals surface area contributed by atoms with Crippen LogP contribution in [0.5, 0.6) is 5.75 Å². The van der Waals surface area contributed by atoms with Crippen molar-refractivity contribution in [2.24, 2.45) is 20.5 Å². The molecule has 69 heavy (non-hydrogen) atoms. The van der Waals surface area contributed by atoms with Gasteiger partial charge in [-0.05, 0) is 53.9 Å². The van der Waals surface area contributed by atoms with Gasteiger partial charge in [0, 0.05) is 5.56 Å². The Morgan fingerprint density at radius 2 is 1.16 bits per heavy atom. The van der Waals surface area contributed by atoms with Gasteiger partial charge in [0.2, 0.25) is 10.4 Å². The van der Waals surface area contributed by atoms with Crippen LogP contribution in [0.25, 0.3) is 10.8 Å². The van der Waals surface area contributed by atoms with E-state index in [9.17, 15) is 73.6 Å². The zero-order valence-electron chi connectivity index (χ0n) is 36.0. The molecule has 0 saturated carbocycles. The first kappa shape index (κ1) is 75.0. The number of phenols is 1. The third-order valence-corrected chi connectivity index (χ3v) is 13.6. The Bertz CT molecular complexity index is 2890. The van der Waals surface area contributed by atoms with E-state index in [0.29, 0.717) is 12.1 Å². The van der Waals surface area contributed by atoms with Crippen molar-refractivity contribution >= 4 is 122 Å². The second-order valence-corrected chi connectivity index (χ2v) is 19.7. The number of sulfone groups is 2. The maximum Gasteiger partial charge on any atom is 1.00 e. The van der Waals surface area contributed by atoms with Crippen LogP contribution < -0.4 is 204 Å². The Morgan fingerprint density at radius 3 is 1.70 bits per heavy atom. The Morgan fingerprint density at radius 1 is 0.652 bits per heavy atom. The molecule has 0 amide bonds. The van der Waals surface area contributed by atoms with Crippen LogP contribution >= 0.6 is 36.4 Å². The van der Waals surface area contributed by atoms with Gasteiger partial charge in [-0.15, -0.1) is 24.8 Å². The third kappa shape index (κ3) is 22.3. The zero-order chi connectivity index (χ0) is 46.8. The number of anilines is 1. The van der Waals surface area contributed by atoms with Crippen molar-refractivity contribution in [1.29, 1.82) is 0 Å². The number of nitrogens with two attached hydrogens (primary N) is 1. The Labute approximate surface area is 535 Å². The standard InChI is InChI=1S/C27H25N5O24S7.6Na/c28-23-22-13(10-21(62(43,44)45)25(23)32-30-18-4-2-15(12-19(18)57-54-51-36)61(41,42)8-6-50-63(46,47)48)9-20(58-55-52-37)24(26(22)33)31-29-17-3-1-14(11-16(17)27(34)35)60(39,40)7-5-49-59-56-53-38;;;;;;/h1-4,9-12,33,36-38H,5-8,28H2,(H,34,35)(H,43,44,45)(H,46,47,48);;;;;;/q;6*+1/p-6. The summed E-state index contributed by atoms with van der Waals surface area (Å²) in [7, 11) is -19.5. The van der Waals surface area contributed by atoms with Gasteiger partial charge >= 0.3 is 177 Å². The van der Waals surface area contributed by atoms with Crippen molar-refractivity contribution in [2.45, 2.75) is 24.5 Å². The summed E-state index contributed by atoms with van der Waals surface area (Å²) in [6.07, 6.45) is 0. The number of benzene rings is 4. The summed E-state index contributed by atoms with van der Waals surface area (Å²) in [5.74, 6) is -4.78. The number of carboxylic acids is 1. The van der Waals surface area contributed by atoms with Crippen LogP contribution in [-0.4, -0.2) is 78.6 Å². The average Bonchev–Trinajstić information content (AvgIpc) is 3.20. The van der Waals surface area contributed by atoms with E-state index in [0.717, 1.165) is 36.4 Å². The molecule has 3 N–H and O–H groups in total. The molecule has 0 aliphatic carbocycles. The normalized spacial score (nSPS) is 11.7. The molecule has 4 rings (SSSR count). The van der Waals surface area contributed by atoms with Gasteiger partial charge in [-0.1, -0.05) is 0 Å². The molecule has 0 spiro atoms. The van der Waals surface area contributed by atoms with Gasteiger partial charge in [-0.3, -0.25) is 23.5 Å². The van der Waals surface area contributed by atoms with E-state index in [1.807, 2.05) is 0 Å². The van der Waals surface area contributed by atoms with Crippen LogP contribution in [0.15, 0.2) is 93.5 Å². The fraction of sp³-hybridized carbons (Fsp3) is 0.148. The van der Waals surface area contributed by atoms with Crippen molar-refractivity contribution in [1.82, 2.24) is 0 Å². The van der Waals surface area contributed by atoms with Crippen molar-refractivity contribution < 1.29 is 287 Å². The molecular formula is C27H19N5Na6O24S7. The summed E-state index contributed by atoms with van der Waals surface area (Å²) in [5.41, 5.74) is 1.86. The van der Waals surface area contributed by atoms with Gasteiger partial charge in [0.15, 0.2) is 37.7 Å². The molecule has 0 radical (unpaired) electrons. The van der Waals surface area contributed by atoms with Gasteiger partial charge in [-0.2, -0.15) is 8.67 Å². The summed E-state index contributed by atoms with van der Waals surface area (Å²) in [5, 5.41) is 78.3. The number of carboxylic acid groups (broad SMARTS) is 1. The van der Waals surface area contributed by atoms with Gasteiger partial charge < -0.3 is 45.6 Å². The molecule has 0 atom stereocenters. The van der Waals surface area contributed by atoms with E-state index < -0.39 is 140 Å². The number of fused-ring (bicyclic) bond motifs is 1. The Kier molecular flexibility index (Phi) is 37.5. The fourth-order valence-corrected chi connectivity index (χ4v) is 9.39. The third-order valence-electron chi connectivity index (χ3n) is 7.36. The molecule has 0 bridgehead atoms. The molecule has 0 fully saturated rings. The van der Waals surface area contributed by atoms with Crippen molar-refractivity contribution in [3.63, 3.8) is 0 Å². The van der Waals surface area contributed by atoms with E-state index in [4.69, 9.17) is 5.73 Å². The maximum atomic E-state index is 12.7. The maximum absolute atomic E-state index is 12.7. The predicted molar refractivity (Wildman–Crippen MR) is 195 cm³/mol. The van der Waals surface area contributed by atoms with Crippen LogP contribution in [-0.2, 0) is 76.7 Å². The number of rotatable bonds is 24. The number of aromatic hydroxyl groups is 1. The first-order valence-electron chi connectivity index (χ1n) is 15.5. The van der Waals surface area contributed by atoms with Gasteiger partial charge in [0.05, 0.1) is 96.0 Å². The molecule has 0 unspecified atom stereocenters. The SMILES string of the molecule is Nc1c(N=Nc2ccc(S(=O)(=O)CCOS(=O)(=O)[O-])cc2SOO[O-])c(S(=O)(=O)[O-])cc2cc(SOO[O-])c(N=Nc3ccc(S(=O)(=O)CCOSOO[O-])cc3C(=O)[O-])c(O)c12.[Na+].[Na+].[Na+].[Na+].[Na+].[Na+]. The van der Waals surface area contributed by atoms with Gasteiger partial charge in [-0.25, -0.2) is 33.7 Å². The number of nitrogens with zero attached hydrogens (tertiary/aromatic N) is 4. The predicted octanol–water partition coefficient (Wildman–Crippen LogP) is -18.5. The summed E-state index contributed by atoms with van der Waals surface area (Å²) >= 11 is 0.0958. The number of nitrogen functional groups attached to an aromatic ring is 1. The topological polar surface area (TPSA) is 462 Å². The van der Waals surface area contributed by atoms with E-state index in [-0.39, 0.29) is 219 Å². The molecule has 4 aromatic carbocycles. The number of hydrogen-bond acceptors (Lipinski definition) is 32. The van der Waals surface area contributed by atoms with Gasteiger partial charge in [0.25, 0.3) is 0 Å². The minimum absolute atomic E-state index is 0. The Balaban J connectivity index is -0.00000726. The molecule has 0 aromatic heterocycles. The molecule has 4 aromatic rings. The molecule has 0 saturated heterocycles. The number of phenolic OH excluding ortho intramolecular Hbond substituents is 1. The van der Waals surface area contributed by atoms with Crippen molar-refractivity contribution in [3.05, 3.63) is 54.1 Å². The smallest absolute Gasteiger partial charge is 0.744 e. The van der Waals surface area contributed by atoms with Crippen LogP contribution in [0.1, 0.15) is 10.4 Å². The summed E-state index contributed by atoms with van der Waals surface area (Å²) < 4.78 is 141. The largest absolute Gasteiger partial charge is 1.00 e. The minimum Gasteiger partial charge on any atom is -0.744 e. The van der Waals surface area contributed by atoms with Gasteiger partial charge in [0.1, 0.15) is 27.2 Å². The molecule has 0 heterocycles. The number of hydrogen-bond donors (Lipinski definition) is 2. The van der Waals surface area contributed by atoms with E-state index in [2.05, 4.69) is 56.9 Å². The second kappa shape index (κ2) is 34.5. The molecule has 29 nitrogen and oxygen atoms in total. The van der Waals surface area contributed by atoms with Crippen LogP contribution in [0.2, 0.25) is 0 Å². The summed E-state index contributed by atoms with van der Waals surface area (Å²) in [4.78, 5) is 8.86. The average molecular weight is 1160 g/mol. The van der Waals surface area contributed by atoms with Crippen molar-refractivity contribution in [2.75, 3.05) is 30.5 Å². The first-order valence-corrected chi connectivity index (χ1v) is 23.7. The summed E-state index contributed by atoms with van der Waals surface area (Å²) in [6.45, 7) is -1.64. The summed E-state index contributed by atoms with van der Waals surface area (Å²) in [6, 6.07) is 6.55. The zero-order valence-corrected chi connectivity index (χ0v) is 53.7. The molecule has 42 heteroatoms. The number of azo groups is 2. The Hall–Kier alpha value is 1.74. The quantitative estimate of drug-likeness (QED) is 0.00757. The fourth-order valence-electron chi connectivity index (χ4n) is 4.76. The van der Waals surface area contributed by atoms with Crippen LogP contribution in [0.3, 0.4) is 0 Å². The monoisotopic (exact) mass is 1160 g/mol. The van der Waals surface area contributed by atoms with E-state index >= 15 is 0 Å². The number of carbonyl (C=O) groups excluding carboxylic acids is 1. The number of carbonyl (C=O) groups is 1. The molecule has 0 aliphatic rings. The molecule has 0 aliphatic heterocycles. The van der Waals surface area contributed by atoms with Crippen molar-refractivity contribution in [3.8, 4) is 5.75 Å². The second-order valence-electron chi connectivity index (χ2n) is 11.1. The minimum atomic E-state index is -5.56. The van der Waals surface area contributed by atoms with E-state index in [1.165, 1.54) is 0 Å².